The van der Waals surface area contributed by atoms with Crippen LogP contribution in [0.15, 0.2) is 47.1 Å². The molecule has 0 aliphatic heterocycles. The predicted octanol–water partition coefficient (Wildman–Crippen LogP) is 3.55. The zero-order valence-corrected chi connectivity index (χ0v) is 13.9. The molecule has 2 aromatic rings. The lowest BCUT2D eigenvalue weighted by molar-refractivity contribution is -0.0379. The monoisotopic (exact) mass is 361 g/mol. The first-order chi connectivity index (χ1) is 10.4. The molecule has 1 aliphatic rings. The molecule has 0 fully saturated rings. The number of halogens is 1. The van der Waals surface area contributed by atoms with Gasteiger partial charge in [0.1, 0.15) is 6.10 Å². The fourth-order valence-corrected chi connectivity index (χ4v) is 3.04. The Morgan fingerprint density at radius 3 is 2.73 bits per heavy atom. The lowest BCUT2D eigenvalue weighted by atomic mass is 9.69. The zero-order chi connectivity index (χ0) is 15.9. The molecule has 0 amide bonds. The molecule has 1 N–H and O–H groups in total. The lowest BCUT2D eigenvalue weighted by Crippen LogP contribution is -2.47. The third kappa shape index (κ3) is 2.44. The number of hydrogen-bond acceptors (Lipinski definition) is 4. The summed E-state index contributed by atoms with van der Waals surface area (Å²) in [4.78, 5) is 16.8. The second-order valence-electron chi connectivity index (χ2n) is 5.93. The van der Waals surface area contributed by atoms with Crippen LogP contribution < -0.4 is 4.74 Å². The fourth-order valence-electron chi connectivity index (χ4n) is 2.68. The van der Waals surface area contributed by atoms with Gasteiger partial charge in [-0.3, -0.25) is 4.79 Å². The number of ether oxygens (including phenoxy) is 1. The SMILES string of the molecule is CC1(C)C(=O)c2cc(Br)ccc2C(Oc2ccccn2)C1O. The smallest absolute Gasteiger partial charge is 0.213 e. The van der Waals surface area contributed by atoms with Crippen LogP contribution in [0.4, 0.5) is 0 Å². The molecule has 1 aliphatic carbocycles. The van der Waals surface area contributed by atoms with Gasteiger partial charge in [-0.1, -0.05) is 28.1 Å². The summed E-state index contributed by atoms with van der Waals surface area (Å²) in [5.41, 5.74) is 0.337. The van der Waals surface area contributed by atoms with E-state index < -0.39 is 17.6 Å². The molecule has 3 rings (SSSR count). The van der Waals surface area contributed by atoms with Crippen LogP contribution in [-0.2, 0) is 0 Å². The quantitative estimate of drug-likeness (QED) is 0.888. The van der Waals surface area contributed by atoms with Crippen LogP contribution in [0.3, 0.4) is 0 Å². The first kappa shape index (κ1) is 15.2. The molecule has 2 atom stereocenters. The minimum Gasteiger partial charge on any atom is -0.467 e. The van der Waals surface area contributed by atoms with E-state index in [9.17, 15) is 9.90 Å². The summed E-state index contributed by atoms with van der Waals surface area (Å²) in [6.07, 6.45) is 0.0462. The number of aliphatic hydroxyl groups excluding tert-OH is 1. The number of hydrogen-bond donors (Lipinski definition) is 1. The van der Waals surface area contributed by atoms with Crippen molar-refractivity contribution in [2.45, 2.75) is 26.1 Å². The van der Waals surface area contributed by atoms with Crippen molar-refractivity contribution in [2.75, 3.05) is 0 Å². The second-order valence-corrected chi connectivity index (χ2v) is 6.85. The van der Waals surface area contributed by atoms with Gasteiger partial charge in [0.25, 0.3) is 0 Å². The van der Waals surface area contributed by atoms with Gasteiger partial charge in [-0.2, -0.15) is 0 Å². The van der Waals surface area contributed by atoms with E-state index in [-0.39, 0.29) is 5.78 Å². The number of rotatable bonds is 2. The van der Waals surface area contributed by atoms with Crippen LogP contribution in [0.5, 0.6) is 5.88 Å². The summed E-state index contributed by atoms with van der Waals surface area (Å²) >= 11 is 3.39. The van der Waals surface area contributed by atoms with Gasteiger partial charge in [-0.05, 0) is 32.0 Å². The molecule has 1 aromatic heterocycles. The Kier molecular flexibility index (Phi) is 3.78. The molecular weight excluding hydrogens is 346 g/mol. The Labute approximate surface area is 137 Å². The summed E-state index contributed by atoms with van der Waals surface area (Å²) in [7, 11) is 0. The van der Waals surface area contributed by atoms with E-state index in [2.05, 4.69) is 20.9 Å². The molecule has 0 radical (unpaired) electrons. The van der Waals surface area contributed by atoms with E-state index in [1.165, 1.54) is 0 Å². The van der Waals surface area contributed by atoms with Gasteiger partial charge in [-0.15, -0.1) is 0 Å². The number of benzene rings is 1. The number of carbonyl (C=O) groups is 1. The van der Waals surface area contributed by atoms with Crippen LogP contribution >= 0.6 is 15.9 Å². The number of Topliss-reactive ketones (excluding diaryl/α,β-unsaturated/α-hetero) is 1. The molecule has 0 saturated carbocycles. The molecule has 4 nitrogen and oxygen atoms in total. The van der Waals surface area contributed by atoms with E-state index in [0.29, 0.717) is 17.0 Å². The highest BCUT2D eigenvalue weighted by Gasteiger charge is 2.48. The van der Waals surface area contributed by atoms with Crippen molar-refractivity contribution in [3.05, 3.63) is 58.2 Å². The highest BCUT2D eigenvalue weighted by molar-refractivity contribution is 9.10. The number of fused-ring (bicyclic) bond motifs is 1. The minimum atomic E-state index is -0.948. The Morgan fingerprint density at radius 2 is 2.05 bits per heavy atom. The summed E-state index contributed by atoms with van der Waals surface area (Å²) in [6.45, 7) is 3.47. The van der Waals surface area contributed by atoms with Crippen LogP contribution in [0.1, 0.15) is 35.9 Å². The second kappa shape index (κ2) is 5.48. The minimum absolute atomic E-state index is 0.0860. The zero-order valence-electron chi connectivity index (χ0n) is 12.3. The van der Waals surface area contributed by atoms with E-state index >= 15 is 0 Å². The normalized spacial score (nSPS) is 23.0. The molecule has 114 valence electrons. The standard InChI is InChI=1S/C17H16BrNO3/c1-17(2)15(20)12-9-10(18)6-7-11(12)14(16(17)21)22-13-5-3-4-8-19-13/h3-9,14,16,21H,1-2H3. The van der Waals surface area contributed by atoms with Gasteiger partial charge in [-0.25, -0.2) is 4.98 Å². The molecule has 5 heteroatoms. The number of carbonyl (C=O) groups excluding carboxylic acids is 1. The average Bonchev–Trinajstić information content (AvgIpc) is 2.51. The largest absolute Gasteiger partial charge is 0.467 e. The van der Waals surface area contributed by atoms with Crippen molar-refractivity contribution in [1.29, 1.82) is 0 Å². The third-order valence-corrected chi connectivity index (χ3v) is 4.56. The summed E-state index contributed by atoms with van der Waals surface area (Å²) in [5, 5.41) is 10.7. The number of pyridine rings is 1. The van der Waals surface area contributed by atoms with Crippen LogP contribution in [0.2, 0.25) is 0 Å². The van der Waals surface area contributed by atoms with Crippen molar-refractivity contribution >= 4 is 21.7 Å². The van der Waals surface area contributed by atoms with Gasteiger partial charge in [0.05, 0.1) is 5.41 Å². The summed E-state index contributed by atoms with van der Waals surface area (Å²) in [6, 6.07) is 10.8. The van der Waals surface area contributed by atoms with Gasteiger partial charge >= 0.3 is 0 Å². The van der Waals surface area contributed by atoms with E-state index in [4.69, 9.17) is 4.74 Å². The highest BCUT2D eigenvalue weighted by Crippen LogP contribution is 2.43. The van der Waals surface area contributed by atoms with Gasteiger partial charge < -0.3 is 9.84 Å². The summed E-state index contributed by atoms with van der Waals surface area (Å²) < 4.78 is 6.71. The topological polar surface area (TPSA) is 59.4 Å². The maximum absolute atomic E-state index is 12.6. The predicted molar refractivity (Wildman–Crippen MR) is 85.9 cm³/mol. The van der Waals surface area contributed by atoms with Gasteiger partial charge in [0.2, 0.25) is 5.88 Å². The van der Waals surface area contributed by atoms with Crippen LogP contribution in [0, 0.1) is 5.41 Å². The van der Waals surface area contributed by atoms with Crippen molar-refractivity contribution in [3.63, 3.8) is 0 Å². The lowest BCUT2D eigenvalue weighted by Gasteiger charge is -2.40. The van der Waals surface area contributed by atoms with Crippen LogP contribution in [0.25, 0.3) is 0 Å². The average molecular weight is 362 g/mol. The van der Waals surface area contributed by atoms with E-state index in [0.717, 1.165) is 4.47 Å². The highest BCUT2D eigenvalue weighted by atomic mass is 79.9. The number of aliphatic hydroxyl groups is 1. The molecule has 0 spiro atoms. The molecule has 0 saturated heterocycles. The van der Waals surface area contributed by atoms with Crippen molar-refractivity contribution < 1.29 is 14.6 Å². The van der Waals surface area contributed by atoms with Crippen molar-refractivity contribution in [2.24, 2.45) is 5.41 Å². The van der Waals surface area contributed by atoms with Gasteiger partial charge in [0.15, 0.2) is 11.9 Å². The molecule has 1 heterocycles. The molecule has 2 unspecified atom stereocenters. The first-order valence-electron chi connectivity index (χ1n) is 7.01. The van der Waals surface area contributed by atoms with Crippen molar-refractivity contribution in [3.8, 4) is 5.88 Å². The number of nitrogens with zero attached hydrogens (tertiary/aromatic N) is 1. The number of ketones is 1. The molecule has 1 aromatic carbocycles. The van der Waals surface area contributed by atoms with Crippen molar-refractivity contribution in [1.82, 2.24) is 4.98 Å². The molecule has 22 heavy (non-hydrogen) atoms. The maximum Gasteiger partial charge on any atom is 0.213 e. The summed E-state index contributed by atoms with van der Waals surface area (Å²) in [5.74, 6) is 0.336. The molecular formula is C17H16BrNO3. The van der Waals surface area contributed by atoms with Crippen LogP contribution in [-0.4, -0.2) is 22.0 Å². The van der Waals surface area contributed by atoms with Gasteiger partial charge in [0, 0.05) is 27.9 Å². The fraction of sp³-hybridized carbons (Fsp3) is 0.294. The maximum atomic E-state index is 12.6. The van der Waals surface area contributed by atoms with E-state index in [1.807, 2.05) is 18.2 Å². The Hall–Kier alpha value is -1.72. The Bertz CT molecular complexity index is 715. The Balaban J connectivity index is 2.09. The third-order valence-electron chi connectivity index (χ3n) is 4.06. The Morgan fingerprint density at radius 1 is 1.27 bits per heavy atom. The number of aromatic nitrogens is 1. The van der Waals surface area contributed by atoms with E-state index in [1.54, 1.807) is 38.2 Å². The molecule has 0 bridgehead atoms. The first-order valence-corrected chi connectivity index (χ1v) is 7.80.